The average Bonchev–Trinajstić information content (AvgIpc) is 2.54. The third-order valence-electron chi connectivity index (χ3n) is 3.99. The maximum atomic E-state index is 12.2. The predicted octanol–water partition coefficient (Wildman–Crippen LogP) is 2.88. The molecular formula is C17H28N2O3S. The molecule has 0 spiro atoms. The Morgan fingerprint density at radius 3 is 2.26 bits per heavy atom. The van der Waals surface area contributed by atoms with Crippen LogP contribution in [0.1, 0.15) is 49.9 Å². The molecule has 1 aromatic rings. The summed E-state index contributed by atoms with van der Waals surface area (Å²) in [5.41, 5.74) is 0.480. The first-order valence-corrected chi connectivity index (χ1v) is 9.57. The highest BCUT2D eigenvalue weighted by molar-refractivity contribution is 7.89. The van der Waals surface area contributed by atoms with Crippen molar-refractivity contribution >= 4 is 15.9 Å². The minimum Gasteiger partial charge on any atom is -0.352 e. The summed E-state index contributed by atoms with van der Waals surface area (Å²) in [4.78, 5) is 12.4. The van der Waals surface area contributed by atoms with Crippen molar-refractivity contribution in [1.82, 2.24) is 9.62 Å². The van der Waals surface area contributed by atoms with Gasteiger partial charge in [-0.2, -0.15) is 0 Å². The number of carbonyl (C=O) groups is 1. The largest absolute Gasteiger partial charge is 0.352 e. The van der Waals surface area contributed by atoms with Crippen LogP contribution in [-0.2, 0) is 10.0 Å². The van der Waals surface area contributed by atoms with E-state index in [1.54, 1.807) is 12.1 Å². The number of sulfonamides is 1. The van der Waals surface area contributed by atoms with Crippen LogP contribution in [0.15, 0.2) is 29.2 Å². The number of unbranched alkanes of at least 4 members (excludes halogenated alkanes) is 1. The first kappa shape index (κ1) is 19.6. The van der Waals surface area contributed by atoms with Crippen molar-refractivity contribution in [2.45, 2.75) is 44.4 Å². The van der Waals surface area contributed by atoms with E-state index in [4.69, 9.17) is 0 Å². The first-order chi connectivity index (χ1) is 10.8. The smallest absolute Gasteiger partial charge is 0.251 e. The Hall–Kier alpha value is -1.40. The molecule has 1 unspecified atom stereocenters. The Balaban J connectivity index is 2.68. The normalized spacial score (nSPS) is 13.1. The lowest BCUT2D eigenvalue weighted by atomic mass is 9.99. The van der Waals surface area contributed by atoms with Gasteiger partial charge in [-0.25, -0.2) is 12.7 Å². The van der Waals surface area contributed by atoms with E-state index in [0.29, 0.717) is 18.0 Å². The van der Waals surface area contributed by atoms with Gasteiger partial charge in [0.1, 0.15) is 0 Å². The highest BCUT2D eigenvalue weighted by Gasteiger charge is 2.17. The summed E-state index contributed by atoms with van der Waals surface area (Å²) in [7, 11) is -0.491. The summed E-state index contributed by atoms with van der Waals surface area (Å²) >= 11 is 0. The number of nitrogens with zero attached hydrogens (tertiary/aromatic N) is 1. The Morgan fingerprint density at radius 1 is 1.17 bits per heavy atom. The standard InChI is InChI=1S/C17H28N2O3S/c1-5-7-8-14(6-2)13-18-17(20)15-9-11-16(12-10-15)23(21,22)19(3)4/h9-12,14H,5-8,13H2,1-4H3,(H,18,20). The summed E-state index contributed by atoms with van der Waals surface area (Å²) < 4.78 is 25.1. The van der Waals surface area contributed by atoms with E-state index in [9.17, 15) is 13.2 Å². The van der Waals surface area contributed by atoms with Crippen LogP contribution in [0.5, 0.6) is 0 Å². The molecule has 0 aliphatic heterocycles. The Labute approximate surface area is 140 Å². The maximum absolute atomic E-state index is 12.2. The van der Waals surface area contributed by atoms with Gasteiger partial charge in [0.15, 0.2) is 0 Å². The fraction of sp³-hybridized carbons (Fsp3) is 0.588. The molecule has 1 aromatic carbocycles. The first-order valence-electron chi connectivity index (χ1n) is 8.13. The minimum atomic E-state index is -3.46. The molecule has 0 aliphatic carbocycles. The molecule has 0 saturated heterocycles. The van der Waals surface area contributed by atoms with Crippen molar-refractivity contribution in [3.05, 3.63) is 29.8 Å². The van der Waals surface area contributed by atoms with E-state index in [1.165, 1.54) is 32.6 Å². The molecule has 1 atom stereocenters. The van der Waals surface area contributed by atoms with E-state index >= 15 is 0 Å². The SMILES string of the molecule is CCCCC(CC)CNC(=O)c1ccc(S(=O)(=O)N(C)C)cc1. The van der Waals surface area contributed by atoms with Crippen LogP contribution < -0.4 is 5.32 Å². The summed E-state index contributed by atoms with van der Waals surface area (Å²) in [5.74, 6) is 0.334. The molecule has 1 rings (SSSR count). The Bertz CT molecular complexity index is 595. The average molecular weight is 340 g/mol. The predicted molar refractivity (Wildman–Crippen MR) is 93.0 cm³/mol. The minimum absolute atomic E-state index is 0.159. The van der Waals surface area contributed by atoms with Crippen LogP contribution in [-0.4, -0.2) is 39.3 Å². The third-order valence-corrected chi connectivity index (χ3v) is 5.82. The van der Waals surface area contributed by atoms with Crippen LogP contribution in [0.25, 0.3) is 0 Å². The Kier molecular flexibility index (Phi) is 7.72. The molecule has 130 valence electrons. The fourth-order valence-corrected chi connectivity index (χ4v) is 3.17. The molecule has 0 saturated carbocycles. The van der Waals surface area contributed by atoms with Gasteiger partial charge in [0.25, 0.3) is 5.91 Å². The van der Waals surface area contributed by atoms with Gasteiger partial charge in [-0.15, -0.1) is 0 Å². The summed E-state index contributed by atoms with van der Waals surface area (Å²) in [6, 6.07) is 6.05. The van der Waals surface area contributed by atoms with E-state index in [1.807, 2.05) is 0 Å². The summed E-state index contributed by atoms with van der Waals surface area (Å²) in [6.07, 6.45) is 4.49. The second kappa shape index (κ2) is 9.03. The second-order valence-corrected chi connectivity index (χ2v) is 8.09. The lowest BCUT2D eigenvalue weighted by molar-refractivity contribution is 0.0945. The molecule has 0 radical (unpaired) electrons. The molecule has 1 amide bonds. The molecule has 0 aliphatic rings. The zero-order valence-electron chi connectivity index (χ0n) is 14.5. The second-order valence-electron chi connectivity index (χ2n) is 5.94. The molecule has 0 bridgehead atoms. The summed E-state index contributed by atoms with van der Waals surface area (Å²) in [5, 5.41) is 2.94. The molecule has 0 aromatic heterocycles. The van der Waals surface area contributed by atoms with Crippen molar-refractivity contribution in [2.24, 2.45) is 5.92 Å². The van der Waals surface area contributed by atoms with Crippen molar-refractivity contribution in [2.75, 3.05) is 20.6 Å². The van der Waals surface area contributed by atoms with Gasteiger partial charge in [0, 0.05) is 26.2 Å². The number of amides is 1. The van der Waals surface area contributed by atoms with Crippen LogP contribution in [0.4, 0.5) is 0 Å². The number of benzene rings is 1. The van der Waals surface area contributed by atoms with Gasteiger partial charge in [-0.1, -0.05) is 33.1 Å². The molecule has 0 heterocycles. The number of rotatable bonds is 9. The van der Waals surface area contributed by atoms with E-state index in [2.05, 4.69) is 19.2 Å². The van der Waals surface area contributed by atoms with E-state index in [0.717, 1.165) is 23.6 Å². The van der Waals surface area contributed by atoms with Gasteiger partial charge in [0.2, 0.25) is 10.0 Å². The molecule has 0 fully saturated rings. The third kappa shape index (κ3) is 5.62. The monoisotopic (exact) mass is 340 g/mol. The highest BCUT2D eigenvalue weighted by atomic mass is 32.2. The van der Waals surface area contributed by atoms with Crippen LogP contribution in [0.3, 0.4) is 0 Å². The van der Waals surface area contributed by atoms with Crippen molar-refractivity contribution in [1.29, 1.82) is 0 Å². The van der Waals surface area contributed by atoms with Gasteiger partial charge in [0.05, 0.1) is 4.90 Å². The van der Waals surface area contributed by atoms with Crippen LogP contribution in [0, 0.1) is 5.92 Å². The van der Waals surface area contributed by atoms with Gasteiger partial charge >= 0.3 is 0 Å². The van der Waals surface area contributed by atoms with Gasteiger partial charge < -0.3 is 5.32 Å². The molecule has 5 nitrogen and oxygen atoms in total. The zero-order valence-corrected chi connectivity index (χ0v) is 15.3. The number of hydrogen-bond acceptors (Lipinski definition) is 3. The van der Waals surface area contributed by atoms with E-state index in [-0.39, 0.29) is 10.8 Å². The van der Waals surface area contributed by atoms with Crippen molar-refractivity contribution in [3.8, 4) is 0 Å². The number of carbonyl (C=O) groups excluding carboxylic acids is 1. The summed E-state index contributed by atoms with van der Waals surface area (Å²) in [6.45, 7) is 4.95. The van der Waals surface area contributed by atoms with Gasteiger partial charge in [-0.3, -0.25) is 4.79 Å². The topological polar surface area (TPSA) is 66.5 Å². The molecular weight excluding hydrogens is 312 g/mol. The quantitative estimate of drug-likeness (QED) is 0.751. The molecule has 23 heavy (non-hydrogen) atoms. The van der Waals surface area contributed by atoms with E-state index < -0.39 is 10.0 Å². The molecule has 1 N–H and O–H groups in total. The zero-order chi connectivity index (χ0) is 17.5. The molecule has 6 heteroatoms. The Morgan fingerprint density at radius 2 is 1.78 bits per heavy atom. The van der Waals surface area contributed by atoms with Crippen molar-refractivity contribution < 1.29 is 13.2 Å². The number of nitrogens with one attached hydrogen (secondary N) is 1. The van der Waals surface area contributed by atoms with Crippen molar-refractivity contribution in [3.63, 3.8) is 0 Å². The maximum Gasteiger partial charge on any atom is 0.251 e. The number of hydrogen-bond donors (Lipinski definition) is 1. The van der Waals surface area contributed by atoms with Crippen LogP contribution >= 0.6 is 0 Å². The van der Waals surface area contributed by atoms with Crippen LogP contribution in [0.2, 0.25) is 0 Å². The van der Waals surface area contributed by atoms with Gasteiger partial charge in [-0.05, 0) is 36.6 Å². The highest BCUT2D eigenvalue weighted by Crippen LogP contribution is 2.15. The lowest BCUT2D eigenvalue weighted by Crippen LogP contribution is -2.29. The lowest BCUT2D eigenvalue weighted by Gasteiger charge is -2.15. The fourth-order valence-electron chi connectivity index (χ4n) is 2.27.